The number of thioether (sulfide) groups is 1. The highest BCUT2D eigenvalue weighted by Gasteiger charge is 2.76. The number of nitrogens with zero attached hydrogens (tertiary/aromatic N) is 2. The molecule has 1 aromatic rings. The van der Waals surface area contributed by atoms with Gasteiger partial charge < -0.3 is 25.5 Å². The van der Waals surface area contributed by atoms with Gasteiger partial charge in [-0.2, -0.15) is 0 Å². The van der Waals surface area contributed by atoms with Crippen LogP contribution in [0.15, 0.2) is 24.3 Å². The molecule has 2 unspecified atom stereocenters. The Morgan fingerprint density at radius 1 is 1.18 bits per heavy atom. The summed E-state index contributed by atoms with van der Waals surface area (Å²) in [5, 5.41) is 15.4. The number of carbonyl (C=O) groups is 3. The second kappa shape index (κ2) is 8.83. The predicted octanol–water partition coefficient (Wildman–Crippen LogP) is 1.69. The van der Waals surface area contributed by atoms with Gasteiger partial charge in [0.1, 0.15) is 6.04 Å². The fourth-order valence-electron chi connectivity index (χ4n) is 6.19. The zero-order chi connectivity index (χ0) is 24.0. The molecule has 3 fully saturated rings. The van der Waals surface area contributed by atoms with Gasteiger partial charge in [0.25, 0.3) is 0 Å². The number of nitrogens with one attached hydrogen (secondary N) is 2. The van der Waals surface area contributed by atoms with E-state index in [1.807, 2.05) is 31.2 Å². The van der Waals surface area contributed by atoms with Crippen molar-refractivity contribution in [2.24, 2.45) is 11.8 Å². The Bertz CT molecular complexity index is 937. The van der Waals surface area contributed by atoms with E-state index in [-0.39, 0.29) is 35.6 Å². The molecule has 0 aromatic heterocycles. The third-order valence-electron chi connectivity index (χ3n) is 7.66. The van der Waals surface area contributed by atoms with Gasteiger partial charge in [-0.1, -0.05) is 0 Å². The average Bonchev–Trinajstić information content (AvgIpc) is 3.36. The number of β-amino-alcohol motifs (C(OH)–C–C–N with tert-alkyl or cyclic N) is 1. The first-order valence-electron chi connectivity index (χ1n) is 11.7. The second-order valence-corrected chi connectivity index (χ2v) is 11.2. The molecule has 4 rings (SSSR count). The van der Waals surface area contributed by atoms with Crippen molar-refractivity contribution in [1.29, 1.82) is 0 Å². The van der Waals surface area contributed by atoms with Crippen molar-refractivity contribution in [3.05, 3.63) is 24.3 Å². The number of hydrogen-bond acceptors (Lipinski definition) is 6. The van der Waals surface area contributed by atoms with E-state index in [0.29, 0.717) is 12.1 Å². The third kappa shape index (κ3) is 3.60. The number of amides is 3. The lowest BCUT2D eigenvalue weighted by Crippen LogP contribution is -2.52. The van der Waals surface area contributed by atoms with Crippen LogP contribution in [0, 0.1) is 11.8 Å². The summed E-state index contributed by atoms with van der Waals surface area (Å²) in [7, 11) is 1.59. The van der Waals surface area contributed by atoms with Crippen molar-refractivity contribution >= 4 is 40.9 Å². The molecule has 0 saturated carbocycles. The van der Waals surface area contributed by atoms with Crippen LogP contribution < -0.4 is 15.5 Å². The van der Waals surface area contributed by atoms with Crippen LogP contribution in [0.1, 0.15) is 33.6 Å². The van der Waals surface area contributed by atoms with Gasteiger partial charge in [0, 0.05) is 42.8 Å². The van der Waals surface area contributed by atoms with E-state index in [1.54, 1.807) is 18.8 Å². The zero-order valence-electron chi connectivity index (χ0n) is 19.8. The first-order chi connectivity index (χ1) is 15.8. The van der Waals surface area contributed by atoms with Crippen molar-refractivity contribution in [2.45, 2.75) is 49.1 Å². The fraction of sp³-hybridized carbons (Fsp3) is 0.625. The molecule has 9 heteroatoms. The minimum atomic E-state index is -0.730. The number of fused-ring (bicyclic) bond motifs is 1. The Kier molecular flexibility index (Phi) is 6.39. The number of rotatable bonds is 8. The van der Waals surface area contributed by atoms with Gasteiger partial charge in [0.05, 0.1) is 23.2 Å². The molecule has 0 aliphatic carbocycles. The van der Waals surface area contributed by atoms with Crippen LogP contribution in [-0.4, -0.2) is 76.6 Å². The Morgan fingerprint density at radius 3 is 2.42 bits per heavy atom. The van der Waals surface area contributed by atoms with E-state index in [1.165, 1.54) is 4.90 Å². The molecule has 1 aromatic carbocycles. The molecule has 3 heterocycles. The first-order valence-corrected chi connectivity index (χ1v) is 12.6. The summed E-state index contributed by atoms with van der Waals surface area (Å²) in [5.74, 6) is -1.66. The van der Waals surface area contributed by atoms with Crippen molar-refractivity contribution in [1.82, 2.24) is 10.2 Å². The van der Waals surface area contributed by atoms with Crippen molar-refractivity contribution in [3.63, 3.8) is 0 Å². The molecular weight excluding hydrogens is 440 g/mol. The lowest BCUT2D eigenvalue weighted by atomic mass is 9.66. The Hall–Kier alpha value is -2.26. The molecule has 180 valence electrons. The Labute approximate surface area is 199 Å². The summed E-state index contributed by atoms with van der Waals surface area (Å²) in [6.45, 7) is 7.88. The maximum Gasteiger partial charge on any atom is 0.248 e. The van der Waals surface area contributed by atoms with Gasteiger partial charge in [-0.15, -0.1) is 11.8 Å². The lowest BCUT2D eigenvalue weighted by molar-refractivity contribution is -0.140. The van der Waals surface area contributed by atoms with E-state index in [4.69, 9.17) is 0 Å². The van der Waals surface area contributed by atoms with Gasteiger partial charge in [-0.25, -0.2) is 0 Å². The molecule has 8 nitrogen and oxygen atoms in total. The van der Waals surface area contributed by atoms with Crippen LogP contribution >= 0.6 is 11.8 Å². The number of hydrogen-bond donors (Lipinski definition) is 3. The Balaban J connectivity index is 1.64. The summed E-state index contributed by atoms with van der Waals surface area (Å²) in [4.78, 5) is 43.7. The van der Waals surface area contributed by atoms with Crippen LogP contribution in [0.2, 0.25) is 0 Å². The summed E-state index contributed by atoms with van der Waals surface area (Å²) >= 11 is 1.62. The second-order valence-electron chi connectivity index (χ2n) is 9.31. The van der Waals surface area contributed by atoms with E-state index in [9.17, 15) is 19.5 Å². The molecule has 5 atom stereocenters. The molecule has 3 aliphatic rings. The van der Waals surface area contributed by atoms with Crippen LogP contribution in [0.25, 0.3) is 0 Å². The molecule has 3 N–H and O–H groups in total. The van der Waals surface area contributed by atoms with E-state index in [0.717, 1.165) is 25.2 Å². The minimum Gasteiger partial charge on any atom is -0.395 e. The number of carbonyl (C=O) groups excluding carboxylic acids is 3. The van der Waals surface area contributed by atoms with E-state index < -0.39 is 22.6 Å². The largest absolute Gasteiger partial charge is 0.395 e. The average molecular weight is 475 g/mol. The van der Waals surface area contributed by atoms with Crippen LogP contribution in [-0.2, 0) is 14.4 Å². The summed E-state index contributed by atoms with van der Waals surface area (Å²) in [6, 6.07) is 6.98. The van der Waals surface area contributed by atoms with E-state index >= 15 is 0 Å². The van der Waals surface area contributed by atoms with E-state index in [2.05, 4.69) is 29.4 Å². The molecule has 1 spiro atoms. The smallest absolute Gasteiger partial charge is 0.248 e. The maximum atomic E-state index is 13.6. The molecule has 3 amide bonds. The quantitative estimate of drug-likeness (QED) is 0.530. The minimum absolute atomic E-state index is 0.0772. The van der Waals surface area contributed by atoms with Gasteiger partial charge >= 0.3 is 0 Å². The Morgan fingerprint density at radius 2 is 1.85 bits per heavy atom. The number of aliphatic hydroxyl groups is 1. The monoisotopic (exact) mass is 474 g/mol. The summed E-state index contributed by atoms with van der Waals surface area (Å²) in [6.07, 6.45) is 1.47. The van der Waals surface area contributed by atoms with Gasteiger partial charge in [0.2, 0.25) is 17.7 Å². The number of anilines is 2. The molecular formula is C24H34N4O4S. The molecule has 3 aliphatic heterocycles. The molecule has 2 bridgehead atoms. The van der Waals surface area contributed by atoms with Gasteiger partial charge in [-0.05, 0) is 57.9 Å². The molecule has 3 saturated heterocycles. The standard InChI is InChI=1S/C24H34N4O4S/c1-5-27(6-2)16-9-7-15(8-10-16)26-21(31)19-24-12-11-23(3,33-24)17(20(30)25-4)18(24)22(32)28(19)13-14-29/h7-10,17-19,29H,5-6,11-14H2,1-4H3,(H,25,30)(H,26,31)/t17-,18+,19?,23+,24?/m1/s1. The number of likely N-dealkylation sites (tertiary alicyclic amines) is 1. The lowest BCUT2D eigenvalue weighted by Gasteiger charge is -2.34. The summed E-state index contributed by atoms with van der Waals surface area (Å²) < 4.78 is -1.04. The van der Waals surface area contributed by atoms with Crippen LogP contribution in [0.5, 0.6) is 0 Å². The predicted molar refractivity (Wildman–Crippen MR) is 130 cm³/mol. The first kappa shape index (κ1) is 23.9. The van der Waals surface area contributed by atoms with Gasteiger partial charge in [-0.3, -0.25) is 14.4 Å². The van der Waals surface area contributed by atoms with Crippen molar-refractivity contribution in [3.8, 4) is 0 Å². The fourth-order valence-corrected chi connectivity index (χ4v) is 8.54. The highest BCUT2D eigenvalue weighted by molar-refractivity contribution is 8.02. The van der Waals surface area contributed by atoms with Gasteiger partial charge in [0.15, 0.2) is 0 Å². The van der Waals surface area contributed by atoms with Crippen LogP contribution in [0.4, 0.5) is 11.4 Å². The van der Waals surface area contributed by atoms with Crippen molar-refractivity contribution in [2.75, 3.05) is 43.5 Å². The third-order valence-corrected chi connectivity index (χ3v) is 9.64. The zero-order valence-corrected chi connectivity index (χ0v) is 20.6. The SMILES string of the molecule is CCN(CC)c1ccc(NC(=O)C2N(CCO)C(=O)[C@@H]3[C@H](C(=O)NC)[C@]4(C)CCC23S4)cc1. The molecule has 0 radical (unpaired) electrons. The summed E-state index contributed by atoms with van der Waals surface area (Å²) in [5.41, 5.74) is 1.75. The number of aliphatic hydroxyl groups excluding tert-OH is 1. The maximum absolute atomic E-state index is 13.6. The highest BCUT2D eigenvalue weighted by Crippen LogP contribution is 2.71. The normalized spacial score (nSPS) is 32.1. The highest BCUT2D eigenvalue weighted by atomic mass is 32.2. The topological polar surface area (TPSA) is 102 Å². The van der Waals surface area contributed by atoms with Crippen LogP contribution in [0.3, 0.4) is 0 Å². The number of benzene rings is 1. The molecule has 33 heavy (non-hydrogen) atoms. The van der Waals surface area contributed by atoms with Crippen molar-refractivity contribution < 1.29 is 19.5 Å².